The SMILES string of the molecule is O=C(CN1C(=O)S/C(=C\c2cc(Br)c(OCc3ccccc3)c(Br)c2)C1=O)N1CCCC1. The van der Waals surface area contributed by atoms with Gasteiger partial charge in [0.2, 0.25) is 5.91 Å². The van der Waals surface area contributed by atoms with Crippen molar-refractivity contribution < 1.29 is 19.1 Å². The number of ether oxygens (including phenoxy) is 1. The van der Waals surface area contributed by atoms with Gasteiger partial charge in [0.15, 0.2) is 0 Å². The van der Waals surface area contributed by atoms with Crippen LogP contribution in [0.2, 0.25) is 0 Å². The van der Waals surface area contributed by atoms with Crippen molar-refractivity contribution in [2.45, 2.75) is 19.4 Å². The highest BCUT2D eigenvalue weighted by atomic mass is 79.9. The van der Waals surface area contributed by atoms with Crippen LogP contribution >= 0.6 is 43.6 Å². The van der Waals surface area contributed by atoms with E-state index < -0.39 is 11.1 Å². The maximum absolute atomic E-state index is 12.8. The predicted octanol–water partition coefficient (Wildman–Crippen LogP) is 5.45. The van der Waals surface area contributed by atoms with E-state index >= 15 is 0 Å². The molecule has 0 aliphatic carbocycles. The summed E-state index contributed by atoms with van der Waals surface area (Å²) in [6.45, 7) is 1.58. The van der Waals surface area contributed by atoms with E-state index in [1.54, 1.807) is 11.0 Å². The Morgan fingerprint density at radius 2 is 1.72 bits per heavy atom. The molecule has 4 rings (SSSR count). The van der Waals surface area contributed by atoms with Crippen molar-refractivity contribution in [1.82, 2.24) is 9.80 Å². The lowest BCUT2D eigenvalue weighted by molar-refractivity contribution is -0.135. The monoisotopic (exact) mass is 578 g/mol. The van der Waals surface area contributed by atoms with E-state index in [-0.39, 0.29) is 12.5 Å². The zero-order valence-electron chi connectivity index (χ0n) is 17.1. The maximum atomic E-state index is 12.8. The number of imide groups is 1. The van der Waals surface area contributed by atoms with E-state index in [9.17, 15) is 14.4 Å². The molecule has 32 heavy (non-hydrogen) atoms. The van der Waals surface area contributed by atoms with Crippen LogP contribution in [0.25, 0.3) is 6.08 Å². The van der Waals surface area contributed by atoms with E-state index in [1.165, 1.54) is 0 Å². The van der Waals surface area contributed by atoms with Gasteiger partial charge >= 0.3 is 0 Å². The molecular weight excluding hydrogens is 560 g/mol. The third-order valence-corrected chi connectivity index (χ3v) is 7.26. The Morgan fingerprint density at radius 3 is 2.38 bits per heavy atom. The van der Waals surface area contributed by atoms with Gasteiger partial charge in [-0.05, 0) is 85.8 Å². The molecule has 3 amide bonds. The molecule has 0 bridgehead atoms. The molecule has 9 heteroatoms. The molecule has 0 atom stereocenters. The van der Waals surface area contributed by atoms with Gasteiger partial charge in [0.1, 0.15) is 18.9 Å². The summed E-state index contributed by atoms with van der Waals surface area (Å²) in [7, 11) is 0. The minimum absolute atomic E-state index is 0.184. The summed E-state index contributed by atoms with van der Waals surface area (Å²) in [5, 5.41) is -0.422. The summed E-state index contributed by atoms with van der Waals surface area (Å²) >= 11 is 7.90. The van der Waals surface area contributed by atoms with Crippen molar-refractivity contribution in [2.75, 3.05) is 19.6 Å². The van der Waals surface area contributed by atoms with Crippen molar-refractivity contribution in [1.29, 1.82) is 0 Å². The van der Waals surface area contributed by atoms with Crippen LogP contribution in [0.15, 0.2) is 56.3 Å². The number of carbonyl (C=O) groups excluding carboxylic acids is 3. The number of amides is 3. The van der Waals surface area contributed by atoms with Crippen LogP contribution in [0.4, 0.5) is 4.79 Å². The first kappa shape index (κ1) is 23.1. The number of halogens is 2. The largest absolute Gasteiger partial charge is 0.487 e. The minimum atomic E-state index is -0.441. The van der Waals surface area contributed by atoms with Gasteiger partial charge in [-0.3, -0.25) is 19.3 Å². The summed E-state index contributed by atoms with van der Waals surface area (Å²) in [5.41, 5.74) is 1.78. The lowest BCUT2D eigenvalue weighted by Gasteiger charge is -2.18. The number of hydrogen-bond donors (Lipinski definition) is 0. The van der Waals surface area contributed by atoms with Gasteiger partial charge in [-0.1, -0.05) is 30.3 Å². The number of hydrogen-bond acceptors (Lipinski definition) is 5. The normalized spacial score (nSPS) is 17.5. The molecule has 0 unspecified atom stereocenters. The van der Waals surface area contributed by atoms with Crippen LogP contribution in [0.1, 0.15) is 24.0 Å². The molecule has 6 nitrogen and oxygen atoms in total. The van der Waals surface area contributed by atoms with E-state index in [0.717, 1.165) is 49.6 Å². The highest BCUT2D eigenvalue weighted by Crippen LogP contribution is 2.38. The van der Waals surface area contributed by atoms with Gasteiger partial charge in [0.05, 0.1) is 13.9 Å². The molecule has 0 saturated carbocycles. The Morgan fingerprint density at radius 1 is 1.06 bits per heavy atom. The molecule has 2 aromatic carbocycles. The zero-order chi connectivity index (χ0) is 22.7. The van der Waals surface area contributed by atoms with E-state index in [0.29, 0.717) is 30.4 Å². The zero-order valence-corrected chi connectivity index (χ0v) is 21.0. The number of thioether (sulfide) groups is 1. The van der Waals surface area contributed by atoms with E-state index in [1.807, 2.05) is 42.5 Å². The fourth-order valence-electron chi connectivity index (χ4n) is 3.52. The first-order valence-corrected chi connectivity index (χ1v) is 12.5. The molecule has 2 fully saturated rings. The summed E-state index contributed by atoms with van der Waals surface area (Å²) in [6, 6.07) is 13.5. The van der Waals surface area contributed by atoms with E-state index in [4.69, 9.17) is 4.74 Å². The van der Waals surface area contributed by atoms with Crippen molar-refractivity contribution in [3.05, 3.63) is 67.4 Å². The Balaban J connectivity index is 1.46. The standard InChI is InChI=1S/C23H20Br2N2O4S/c24-17-10-16(11-18(25)21(17)31-14-15-6-2-1-3-7-15)12-19-22(29)27(23(30)32-19)13-20(28)26-8-4-5-9-26/h1-3,6-7,10-12H,4-5,8-9,13-14H2/b19-12-. The molecule has 166 valence electrons. The van der Waals surface area contributed by atoms with Crippen molar-refractivity contribution >= 4 is 66.8 Å². The topological polar surface area (TPSA) is 66.9 Å². The molecule has 2 aromatic rings. The second-order valence-electron chi connectivity index (χ2n) is 7.44. The van der Waals surface area contributed by atoms with Gasteiger partial charge < -0.3 is 9.64 Å². The highest BCUT2D eigenvalue weighted by Gasteiger charge is 2.37. The first-order valence-electron chi connectivity index (χ1n) is 10.1. The number of carbonyl (C=O) groups is 3. The van der Waals surface area contributed by atoms with Gasteiger partial charge in [0, 0.05) is 13.1 Å². The van der Waals surface area contributed by atoms with Gasteiger partial charge in [-0.15, -0.1) is 0 Å². The second kappa shape index (κ2) is 10.2. The average molecular weight is 580 g/mol. The van der Waals surface area contributed by atoms with Crippen LogP contribution in [0.5, 0.6) is 5.75 Å². The predicted molar refractivity (Wildman–Crippen MR) is 131 cm³/mol. The fraction of sp³-hybridized carbons (Fsp3) is 0.261. The van der Waals surface area contributed by atoms with Gasteiger partial charge in [0.25, 0.3) is 11.1 Å². The van der Waals surface area contributed by atoms with Crippen LogP contribution in [0.3, 0.4) is 0 Å². The highest BCUT2D eigenvalue weighted by molar-refractivity contribution is 9.11. The second-order valence-corrected chi connectivity index (χ2v) is 10.1. The Labute approximate surface area is 207 Å². The minimum Gasteiger partial charge on any atom is -0.487 e. The van der Waals surface area contributed by atoms with E-state index in [2.05, 4.69) is 31.9 Å². The Hall–Kier alpha value is -2.10. The maximum Gasteiger partial charge on any atom is 0.294 e. The smallest absolute Gasteiger partial charge is 0.294 e. The van der Waals surface area contributed by atoms with Crippen LogP contribution < -0.4 is 4.74 Å². The molecule has 2 aliphatic rings. The van der Waals surface area contributed by atoms with Crippen LogP contribution in [-0.4, -0.2) is 46.5 Å². The quantitative estimate of drug-likeness (QED) is 0.426. The summed E-state index contributed by atoms with van der Waals surface area (Å²) in [4.78, 5) is 40.5. The Kier molecular flexibility index (Phi) is 7.37. The molecule has 2 saturated heterocycles. The molecule has 2 aliphatic heterocycles. The van der Waals surface area contributed by atoms with Crippen LogP contribution in [-0.2, 0) is 16.2 Å². The summed E-state index contributed by atoms with van der Waals surface area (Å²) < 4.78 is 7.38. The number of likely N-dealkylation sites (tertiary alicyclic amines) is 1. The van der Waals surface area contributed by atoms with Crippen molar-refractivity contribution in [3.8, 4) is 5.75 Å². The molecule has 0 N–H and O–H groups in total. The molecule has 2 heterocycles. The third-order valence-electron chi connectivity index (χ3n) is 5.17. The van der Waals surface area contributed by atoms with Crippen LogP contribution in [0, 0.1) is 0 Å². The van der Waals surface area contributed by atoms with Crippen molar-refractivity contribution in [3.63, 3.8) is 0 Å². The lowest BCUT2D eigenvalue weighted by atomic mass is 10.2. The summed E-state index contributed by atoms with van der Waals surface area (Å²) in [5.74, 6) is 0.0240. The van der Waals surface area contributed by atoms with Gasteiger partial charge in [-0.25, -0.2) is 0 Å². The third kappa shape index (κ3) is 5.27. The lowest BCUT2D eigenvalue weighted by Crippen LogP contribution is -2.40. The van der Waals surface area contributed by atoms with Gasteiger partial charge in [-0.2, -0.15) is 0 Å². The molecule has 0 radical (unpaired) electrons. The summed E-state index contributed by atoms with van der Waals surface area (Å²) in [6.07, 6.45) is 3.58. The molecule has 0 spiro atoms. The average Bonchev–Trinajstić information content (AvgIpc) is 3.39. The molecule has 0 aromatic heterocycles. The fourth-order valence-corrected chi connectivity index (χ4v) is 5.81. The number of rotatable bonds is 6. The Bertz CT molecular complexity index is 1060. The first-order chi connectivity index (χ1) is 15.4. The van der Waals surface area contributed by atoms with Crippen molar-refractivity contribution in [2.24, 2.45) is 0 Å². The number of benzene rings is 2. The number of nitrogens with zero attached hydrogens (tertiary/aromatic N) is 2. The molecular formula is C23H20Br2N2O4S.